The molecule has 0 bridgehead atoms. The van der Waals surface area contributed by atoms with E-state index < -0.39 is 0 Å². The second kappa shape index (κ2) is 6.86. The van der Waals surface area contributed by atoms with Crippen molar-refractivity contribution in [2.75, 3.05) is 18.4 Å². The Labute approximate surface area is 141 Å². The van der Waals surface area contributed by atoms with Crippen LogP contribution >= 0.6 is 0 Å². The van der Waals surface area contributed by atoms with Crippen molar-refractivity contribution in [3.05, 3.63) is 36.0 Å². The molecule has 2 aromatic rings. The van der Waals surface area contributed by atoms with E-state index in [0.29, 0.717) is 25.2 Å². The van der Waals surface area contributed by atoms with Gasteiger partial charge in [-0.25, -0.2) is 4.79 Å². The molecule has 6 heteroatoms. The number of rotatable bonds is 3. The number of pyridine rings is 1. The number of amides is 3. The number of piperidine rings is 1. The molecule has 1 aromatic heterocycles. The standard InChI is InChI=1S/C18H22N4O2/c1-12-7-8-14-5-2-6-15(17(14)20-12)21-18(24)22-9-3-4-13(11-22)10-16(19)23/h2,5-8,13H,3-4,9-11H2,1H3,(H2,19,23)(H,21,24)/t13-/m0/s1. The Bertz CT molecular complexity index is 775. The van der Waals surface area contributed by atoms with Crippen LogP contribution in [0.2, 0.25) is 0 Å². The van der Waals surface area contributed by atoms with Crippen LogP contribution in [-0.4, -0.2) is 34.9 Å². The number of benzene rings is 1. The molecule has 6 nitrogen and oxygen atoms in total. The Balaban J connectivity index is 1.75. The fourth-order valence-corrected chi connectivity index (χ4v) is 3.24. The number of nitrogens with one attached hydrogen (secondary N) is 1. The molecular formula is C18H22N4O2. The van der Waals surface area contributed by atoms with Crippen molar-refractivity contribution in [3.63, 3.8) is 0 Å². The van der Waals surface area contributed by atoms with Crippen LogP contribution in [-0.2, 0) is 4.79 Å². The van der Waals surface area contributed by atoms with Crippen LogP contribution in [0.1, 0.15) is 25.0 Å². The van der Waals surface area contributed by atoms with Crippen LogP contribution in [0.3, 0.4) is 0 Å². The largest absolute Gasteiger partial charge is 0.370 e. The number of nitrogens with two attached hydrogens (primary N) is 1. The van der Waals surface area contributed by atoms with Crippen LogP contribution in [0.5, 0.6) is 0 Å². The summed E-state index contributed by atoms with van der Waals surface area (Å²) < 4.78 is 0. The van der Waals surface area contributed by atoms with E-state index in [0.717, 1.165) is 29.4 Å². The molecule has 1 fully saturated rings. The minimum atomic E-state index is -0.309. The van der Waals surface area contributed by atoms with Gasteiger partial charge in [0.25, 0.3) is 0 Å². The second-order valence-corrected chi connectivity index (χ2v) is 6.38. The summed E-state index contributed by atoms with van der Waals surface area (Å²) in [6.07, 6.45) is 2.15. The van der Waals surface area contributed by atoms with E-state index in [2.05, 4.69) is 10.3 Å². The fraction of sp³-hybridized carbons (Fsp3) is 0.389. The number of anilines is 1. The Kier molecular flexibility index (Phi) is 4.64. The van der Waals surface area contributed by atoms with Crippen molar-refractivity contribution in [3.8, 4) is 0 Å². The van der Waals surface area contributed by atoms with Gasteiger partial charge in [0, 0.05) is 30.6 Å². The molecule has 1 aliphatic rings. The lowest BCUT2D eigenvalue weighted by Crippen LogP contribution is -2.43. The van der Waals surface area contributed by atoms with Crippen molar-refractivity contribution in [2.24, 2.45) is 11.7 Å². The third-order valence-electron chi connectivity index (χ3n) is 4.40. The van der Waals surface area contributed by atoms with Gasteiger partial charge in [0.15, 0.2) is 0 Å². The number of likely N-dealkylation sites (tertiary alicyclic amines) is 1. The van der Waals surface area contributed by atoms with Crippen LogP contribution in [0.15, 0.2) is 30.3 Å². The molecule has 0 saturated carbocycles. The highest BCUT2D eigenvalue weighted by Gasteiger charge is 2.25. The van der Waals surface area contributed by atoms with Crippen LogP contribution in [0.25, 0.3) is 10.9 Å². The number of aromatic nitrogens is 1. The van der Waals surface area contributed by atoms with Crippen LogP contribution < -0.4 is 11.1 Å². The number of nitrogens with zero attached hydrogens (tertiary/aromatic N) is 2. The lowest BCUT2D eigenvalue weighted by molar-refractivity contribution is -0.119. The van der Waals surface area contributed by atoms with E-state index in [1.165, 1.54) is 0 Å². The van der Waals surface area contributed by atoms with Gasteiger partial charge >= 0.3 is 6.03 Å². The lowest BCUT2D eigenvalue weighted by atomic mass is 9.95. The average Bonchev–Trinajstić information content (AvgIpc) is 2.55. The molecule has 1 saturated heterocycles. The Morgan fingerprint density at radius 2 is 2.17 bits per heavy atom. The molecule has 0 spiro atoms. The quantitative estimate of drug-likeness (QED) is 0.909. The van der Waals surface area contributed by atoms with Crippen molar-refractivity contribution in [1.82, 2.24) is 9.88 Å². The number of carbonyl (C=O) groups is 2. The Hall–Kier alpha value is -2.63. The van der Waals surface area contributed by atoms with E-state index in [9.17, 15) is 9.59 Å². The first-order valence-corrected chi connectivity index (χ1v) is 8.23. The maximum atomic E-state index is 12.6. The monoisotopic (exact) mass is 326 g/mol. The summed E-state index contributed by atoms with van der Waals surface area (Å²) in [5.41, 5.74) is 7.68. The van der Waals surface area contributed by atoms with E-state index in [1.54, 1.807) is 4.90 Å². The summed E-state index contributed by atoms with van der Waals surface area (Å²) in [5.74, 6) is -0.161. The first kappa shape index (κ1) is 16.2. The Morgan fingerprint density at radius 3 is 2.96 bits per heavy atom. The maximum absolute atomic E-state index is 12.6. The zero-order valence-electron chi connectivity index (χ0n) is 13.8. The highest BCUT2D eigenvalue weighted by Crippen LogP contribution is 2.24. The summed E-state index contributed by atoms with van der Waals surface area (Å²) >= 11 is 0. The SMILES string of the molecule is Cc1ccc2cccc(NC(=O)N3CCC[C@@H](CC(N)=O)C3)c2n1. The normalized spacial score (nSPS) is 17.7. The van der Waals surface area contributed by atoms with Crippen molar-refractivity contribution in [2.45, 2.75) is 26.2 Å². The molecule has 2 heterocycles. The molecule has 1 aliphatic heterocycles. The van der Waals surface area contributed by atoms with Gasteiger partial charge in [-0.2, -0.15) is 0 Å². The van der Waals surface area contributed by atoms with E-state index in [4.69, 9.17) is 5.73 Å². The number of primary amides is 1. The third kappa shape index (κ3) is 3.64. The molecule has 3 N–H and O–H groups in total. The summed E-state index contributed by atoms with van der Waals surface area (Å²) in [5, 5.41) is 3.95. The van der Waals surface area contributed by atoms with Gasteiger partial charge in [0.2, 0.25) is 5.91 Å². The van der Waals surface area contributed by atoms with Gasteiger partial charge in [-0.1, -0.05) is 18.2 Å². The summed E-state index contributed by atoms with van der Waals surface area (Å²) in [6, 6.07) is 9.53. The van der Waals surface area contributed by atoms with Crippen molar-refractivity contribution in [1.29, 1.82) is 0 Å². The predicted octanol–water partition coefficient (Wildman–Crippen LogP) is 2.66. The zero-order valence-corrected chi connectivity index (χ0v) is 13.8. The van der Waals surface area contributed by atoms with Gasteiger partial charge in [-0.3, -0.25) is 9.78 Å². The van der Waals surface area contributed by atoms with Gasteiger partial charge in [-0.05, 0) is 37.8 Å². The van der Waals surface area contributed by atoms with Gasteiger partial charge in [-0.15, -0.1) is 0 Å². The van der Waals surface area contributed by atoms with Crippen LogP contribution in [0, 0.1) is 12.8 Å². The molecular weight excluding hydrogens is 304 g/mol. The van der Waals surface area contributed by atoms with Crippen molar-refractivity contribution >= 4 is 28.5 Å². The summed E-state index contributed by atoms with van der Waals surface area (Å²) in [7, 11) is 0. The molecule has 3 amide bonds. The van der Waals surface area contributed by atoms with E-state index in [1.807, 2.05) is 37.3 Å². The highest BCUT2D eigenvalue weighted by atomic mass is 16.2. The average molecular weight is 326 g/mol. The lowest BCUT2D eigenvalue weighted by Gasteiger charge is -2.32. The highest BCUT2D eigenvalue weighted by molar-refractivity contribution is 5.99. The maximum Gasteiger partial charge on any atom is 0.321 e. The van der Waals surface area contributed by atoms with Crippen LogP contribution in [0.4, 0.5) is 10.5 Å². The number of aryl methyl sites for hydroxylation is 1. The molecule has 0 aliphatic carbocycles. The van der Waals surface area contributed by atoms with Gasteiger partial charge in [0.1, 0.15) is 0 Å². The summed E-state index contributed by atoms with van der Waals surface area (Å²) in [6.45, 7) is 3.18. The smallest absolute Gasteiger partial charge is 0.321 e. The van der Waals surface area contributed by atoms with Crippen molar-refractivity contribution < 1.29 is 9.59 Å². The number of fused-ring (bicyclic) bond motifs is 1. The third-order valence-corrected chi connectivity index (χ3v) is 4.40. The Morgan fingerprint density at radius 1 is 1.33 bits per heavy atom. The second-order valence-electron chi connectivity index (χ2n) is 6.38. The number of urea groups is 1. The minimum absolute atomic E-state index is 0.148. The molecule has 24 heavy (non-hydrogen) atoms. The topological polar surface area (TPSA) is 88.3 Å². The molecule has 1 aromatic carbocycles. The molecule has 126 valence electrons. The molecule has 3 rings (SSSR count). The molecule has 1 atom stereocenters. The zero-order chi connectivity index (χ0) is 17.1. The van der Waals surface area contributed by atoms with E-state index >= 15 is 0 Å². The molecule has 0 radical (unpaired) electrons. The number of carbonyl (C=O) groups excluding carboxylic acids is 2. The number of hydrogen-bond acceptors (Lipinski definition) is 3. The summed E-state index contributed by atoms with van der Waals surface area (Å²) in [4.78, 5) is 30.0. The van der Waals surface area contributed by atoms with Gasteiger partial charge in [0.05, 0.1) is 11.2 Å². The first-order valence-electron chi connectivity index (χ1n) is 8.23. The number of hydrogen-bond donors (Lipinski definition) is 2. The first-order chi connectivity index (χ1) is 11.5. The fourth-order valence-electron chi connectivity index (χ4n) is 3.24. The predicted molar refractivity (Wildman–Crippen MR) is 93.6 cm³/mol. The molecule has 0 unspecified atom stereocenters. The minimum Gasteiger partial charge on any atom is -0.370 e. The van der Waals surface area contributed by atoms with E-state index in [-0.39, 0.29) is 17.9 Å². The number of para-hydroxylation sites is 1. The van der Waals surface area contributed by atoms with Gasteiger partial charge < -0.3 is 16.0 Å².